The van der Waals surface area contributed by atoms with E-state index in [2.05, 4.69) is 38.8 Å². The number of hydrogen-bond acceptors (Lipinski definition) is 12. The molecule has 6 aliphatic rings. The molecule has 4 aliphatic carbocycles. The Kier molecular flexibility index (Phi) is 32.3. The molecule has 12 amide bonds. The van der Waals surface area contributed by atoms with Gasteiger partial charge in [0.1, 0.15) is 59.9 Å². The molecule has 6 rings (SSSR count). The van der Waals surface area contributed by atoms with Gasteiger partial charge < -0.3 is 60.0 Å². The third kappa shape index (κ3) is 22.0. The van der Waals surface area contributed by atoms with E-state index < -0.39 is 173 Å². The molecule has 2 saturated heterocycles. The number of carbonyl (C=O) groups is 12. The molecule has 2 heterocycles. The fraction of sp³-hybridized carbons (Fsp3) is 0.842. The molecule has 0 aromatic heterocycles. The van der Waals surface area contributed by atoms with Crippen LogP contribution >= 0.6 is 27.5 Å². The van der Waals surface area contributed by atoms with E-state index in [9.17, 15) is 41.9 Å². The van der Waals surface area contributed by atoms with E-state index in [4.69, 9.17) is 11.6 Å². The van der Waals surface area contributed by atoms with Crippen molar-refractivity contribution >= 4 is 98.4 Å². The lowest BCUT2D eigenvalue weighted by molar-refractivity contribution is -0.182. The van der Waals surface area contributed by atoms with E-state index in [1.165, 1.54) is 110 Å². The first-order valence-corrected chi connectivity index (χ1v) is 40.1. The first kappa shape index (κ1) is 88.1. The summed E-state index contributed by atoms with van der Waals surface area (Å²) in [5.74, 6) is -10.7. The molecule has 596 valence electrons. The number of rotatable bonds is 14. The Morgan fingerprint density at radius 3 is 1.71 bits per heavy atom. The van der Waals surface area contributed by atoms with Crippen molar-refractivity contribution in [3.63, 3.8) is 0 Å². The van der Waals surface area contributed by atoms with Crippen LogP contribution in [0.5, 0.6) is 0 Å². The summed E-state index contributed by atoms with van der Waals surface area (Å²) in [7, 11) is 13.0. The predicted molar refractivity (Wildman–Crippen MR) is 398 cm³/mol. The molecule has 0 bridgehead atoms. The van der Waals surface area contributed by atoms with Crippen molar-refractivity contribution in [3.8, 4) is 0 Å². The molecular formula is C76H125BrClF3N12O12. The van der Waals surface area contributed by atoms with Gasteiger partial charge in [-0.25, -0.2) is 0 Å². The van der Waals surface area contributed by atoms with Crippen LogP contribution < -0.4 is 16.0 Å². The average Bonchev–Trinajstić information content (AvgIpc) is 1.71. The van der Waals surface area contributed by atoms with E-state index in [1.807, 2.05) is 27.7 Å². The predicted octanol–water partition coefficient (Wildman–Crippen LogP) is 7.98. The summed E-state index contributed by atoms with van der Waals surface area (Å²) in [4.78, 5) is 193. The second kappa shape index (κ2) is 38.5. The van der Waals surface area contributed by atoms with Gasteiger partial charge in [0, 0.05) is 80.2 Å². The minimum atomic E-state index is -4.52. The minimum Gasteiger partial charge on any atom is -0.347 e. The van der Waals surface area contributed by atoms with Crippen molar-refractivity contribution in [3.05, 3.63) is 0 Å². The first-order chi connectivity index (χ1) is 49.1. The molecule has 0 radical (unpaired) electrons. The van der Waals surface area contributed by atoms with Crippen LogP contribution in [0.4, 0.5) is 13.2 Å². The second-order valence-corrected chi connectivity index (χ2v) is 34.6. The lowest BCUT2D eigenvalue weighted by atomic mass is 9.78. The number of halogens is 5. The van der Waals surface area contributed by atoms with E-state index in [0.29, 0.717) is 44.4 Å². The topological polar surface area (TPSA) is 270 Å². The molecule has 1 spiro atoms. The zero-order valence-electron chi connectivity index (χ0n) is 65.7. The summed E-state index contributed by atoms with van der Waals surface area (Å²) < 4.78 is 42.4. The van der Waals surface area contributed by atoms with Crippen LogP contribution in [0.2, 0.25) is 0 Å². The summed E-state index contributed by atoms with van der Waals surface area (Å²) in [5.41, 5.74) is -1.61. The average molecular weight is 1570 g/mol. The summed E-state index contributed by atoms with van der Waals surface area (Å²) in [5, 5.41) is 7.71. The summed E-state index contributed by atoms with van der Waals surface area (Å²) >= 11 is 10.2. The highest BCUT2D eigenvalue weighted by Crippen LogP contribution is 2.44. The molecule has 4 saturated carbocycles. The van der Waals surface area contributed by atoms with Crippen LogP contribution in [0, 0.1) is 47.3 Å². The Morgan fingerprint density at radius 1 is 0.619 bits per heavy atom. The maximum Gasteiger partial charge on any atom is 0.393 e. The highest BCUT2D eigenvalue weighted by Gasteiger charge is 2.52. The highest BCUT2D eigenvalue weighted by atomic mass is 79.9. The van der Waals surface area contributed by atoms with Crippen LogP contribution in [-0.4, -0.2) is 268 Å². The number of nitrogens with one attached hydrogen (secondary N) is 3. The maximum atomic E-state index is 15.8. The standard InChI is InChI=1S/C76H125BrClF3N12O12/c1-18-46(6)63-72(103)87(12)48(8)67(98)93-37-34-56(93)71(102)90(15)59(41-50-24-22-45(5)23-25-50)70(101)86(11)43-61(94)82-55(33-29-49-28-32-53(54(78)39-49)76(79,80)81)68(99)89(14)58(40-51-26-30-52(77)31-27-51)66(97)84-75(35-20-21-36-75)74(105)92(17)64(47(7)19-2)73(104)91(16)60(69(100)85(9)10)42-62(95)88(13)57(38-44(3)4)65(96)83-63/h44-60,63-64H,18-43H2,1-17H3,(H,82,94)(H,83,96)(H,84,97)/t45?,46-,47-,48-,49?,50?,51?,52?,53?,54?,55-,56-,57-,58-,59-,60-,63-,64-/m0/s1. The normalized spacial score (nSPS) is 32.4. The fourth-order valence-electron chi connectivity index (χ4n) is 16.7. The number of nitrogens with zero attached hydrogens (tertiary/aromatic N) is 9. The van der Waals surface area contributed by atoms with Crippen molar-refractivity contribution in [1.82, 2.24) is 60.0 Å². The Labute approximate surface area is 635 Å². The molecule has 3 unspecified atom stereocenters. The Balaban J connectivity index is 1.47. The number of hydrogen-bond donors (Lipinski definition) is 3. The van der Waals surface area contributed by atoms with Crippen molar-refractivity contribution < 1.29 is 70.7 Å². The number of amides is 12. The summed E-state index contributed by atoms with van der Waals surface area (Å²) in [6.45, 7) is 14.2. The molecular weight excluding hydrogens is 1450 g/mol. The number of alkyl halides is 5. The molecule has 14 atom stereocenters. The number of carbonyl (C=O) groups excluding carboxylic acids is 12. The molecule has 3 N–H and O–H groups in total. The van der Waals surface area contributed by atoms with Gasteiger partial charge in [-0.3, -0.25) is 57.5 Å². The van der Waals surface area contributed by atoms with Crippen LogP contribution in [-0.2, 0) is 57.5 Å². The summed E-state index contributed by atoms with van der Waals surface area (Å²) in [6.07, 6.45) is 3.87. The van der Waals surface area contributed by atoms with Crippen molar-refractivity contribution in [1.29, 1.82) is 0 Å². The van der Waals surface area contributed by atoms with Crippen molar-refractivity contribution in [2.24, 2.45) is 47.3 Å². The van der Waals surface area contributed by atoms with Gasteiger partial charge in [0.05, 0.1) is 18.9 Å². The largest absolute Gasteiger partial charge is 0.393 e. The van der Waals surface area contributed by atoms with Crippen molar-refractivity contribution in [2.75, 3.05) is 76.5 Å². The SMILES string of the molecule is CC[C@H](C)[C@@H]1NC(=O)[C@H](CC(C)C)N(C)C(=O)C[C@@H](C(=O)N(C)C)N(C)C(=O)[C@H]([C@@H](C)CC)N(C)C(=O)C2(CCCC2)NC(=O)[C@H](CC2CCC(Br)CC2)N(C)C(=O)[C@H](CCC2CCC(C(F)(F)F)C(Cl)C2)NC(=O)CN(C)C(=O)[C@H](CC2CCC(C)CC2)N(C)C(=O)[C@@H]2CCN2C(=O)[C@H](C)N(C)C1=O. The van der Waals surface area contributed by atoms with E-state index in [1.54, 1.807) is 13.8 Å². The second-order valence-electron chi connectivity index (χ2n) is 32.8. The van der Waals surface area contributed by atoms with Crippen LogP contribution in [0.15, 0.2) is 0 Å². The summed E-state index contributed by atoms with van der Waals surface area (Å²) in [6, 6.07) is -11.1. The van der Waals surface area contributed by atoms with Gasteiger partial charge in [0.2, 0.25) is 70.9 Å². The molecule has 24 nitrogen and oxygen atoms in total. The van der Waals surface area contributed by atoms with Gasteiger partial charge in [-0.1, -0.05) is 116 Å². The van der Waals surface area contributed by atoms with Gasteiger partial charge in [-0.15, -0.1) is 11.6 Å². The molecule has 0 aromatic carbocycles. The van der Waals surface area contributed by atoms with E-state index >= 15 is 28.8 Å². The third-order valence-electron chi connectivity index (χ3n) is 24.6. The smallest absolute Gasteiger partial charge is 0.347 e. The van der Waals surface area contributed by atoms with Gasteiger partial charge >= 0.3 is 6.18 Å². The lowest BCUT2D eigenvalue weighted by Gasteiger charge is -2.45. The Morgan fingerprint density at radius 2 is 1.18 bits per heavy atom. The lowest BCUT2D eigenvalue weighted by Crippen LogP contribution is -2.65. The highest BCUT2D eigenvalue weighted by molar-refractivity contribution is 9.09. The van der Waals surface area contributed by atoms with Gasteiger partial charge in [-0.05, 0) is 145 Å². The minimum absolute atomic E-state index is 0.00955. The van der Waals surface area contributed by atoms with Crippen LogP contribution in [0.25, 0.3) is 0 Å². The van der Waals surface area contributed by atoms with Crippen LogP contribution in [0.3, 0.4) is 0 Å². The van der Waals surface area contributed by atoms with Gasteiger partial charge in [0.15, 0.2) is 0 Å². The third-order valence-corrected chi connectivity index (χ3v) is 26.0. The zero-order chi connectivity index (χ0) is 78.6. The molecule has 105 heavy (non-hydrogen) atoms. The maximum absolute atomic E-state index is 15.8. The molecule has 29 heteroatoms. The van der Waals surface area contributed by atoms with Crippen molar-refractivity contribution in [2.45, 2.75) is 286 Å². The first-order valence-electron chi connectivity index (χ1n) is 38.7. The Bertz CT molecular complexity index is 3060. The van der Waals surface area contributed by atoms with E-state index in [-0.39, 0.29) is 106 Å². The number of likely N-dealkylation sites (N-methyl/N-ethyl adjacent to an activating group) is 8. The van der Waals surface area contributed by atoms with Crippen LogP contribution in [0.1, 0.15) is 209 Å². The fourth-order valence-corrected chi connectivity index (χ4v) is 17.8. The monoisotopic (exact) mass is 1570 g/mol. The zero-order valence-corrected chi connectivity index (χ0v) is 68.0. The van der Waals surface area contributed by atoms with E-state index in [0.717, 1.165) is 43.4 Å². The van der Waals surface area contributed by atoms with Gasteiger partial charge in [0.25, 0.3) is 0 Å². The Hall–Kier alpha value is -5.80. The molecule has 6 fully saturated rings. The molecule has 0 aromatic rings. The quantitative estimate of drug-likeness (QED) is 0.140. The molecule has 2 aliphatic heterocycles. The number of fused-ring (bicyclic) bond motifs is 1. The van der Waals surface area contributed by atoms with Gasteiger partial charge in [-0.2, -0.15) is 13.2 Å².